The van der Waals surface area contributed by atoms with Gasteiger partial charge in [-0.3, -0.25) is 9.97 Å². The van der Waals surface area contributed by atoms with Crippen molar-refractivity contribution in [3.63, 3.8) is 0 Å². The highest BCUT2D eigenvalue weighted by Crippen LogP contribution is 2.53. The summed E-state index contributed by atoms with van der Waals surface area (Å²) in [5.41, 5.74) is 15.4. The second-order valence-electron chi connectivity index (χ2n) is 14.9. The Labute approximate surface area is 306 Å². The van der Waals surface area contributed by atoms with Crippen molar-refractivity contribution in [3.05, 3.63) is 168 Å². The van der Waals surface area contributed by atoms with Gasteiger partial charge >= 0.3 is 0 Å². The summed E-state index contributed by atoms with van der Waals surface area (Å²) in [4.78, 5) is 9.60. The van der Waals surface area contributed by atoms with Crippen molar-refractivity contribution in [1.82, 2.24) is 9.97 Å². The first kappa shape index (κ1) is 29.8. The predicted octanol–water partition coefficient (Wildman–Crippen LogP) is 13.6. The summed E-state index contributed by atoms with van der Waals surface area (Å²) in [6.07, 6.45) is 8.18. The van der Waals surface area contributed by atoms with Crippen LogP contribution in [0.5, 0.6) is 0 Å². The van der Waals surface area contributed by atoms with Crippen LogP contribution < -0.4 is 0 Å². The lowest BCUT2D eigenvalue weighted by Crippen LogP contribution is -2.17. The third-order valence-corrected chi connectivity index (χ3v) is 12.9. The molecule has 3 heteroatoms. The Morgan fingerprint density at radius 1 is 0.519 bits per heavy atom. The molecule has 0 amide bonds. The van der Waals surface area contributed by atoms with Crippen LogP contribution in [-0.2, 0) is 5.41 Å². The summed E-state index contributed by atoms with van der Waals surface area (Å²) in [5, 5.41) is 7.47. The first-order valence-electron chi connectivity index (χ1n) is 18.2. The number of thiophene rings is 1. The minimum Gasteiger partial charge on any atom is -0.252 e. The smallest absolute Gasteiger partial charge is 0.0971 e. The maximum atomic E-state index is 4.83. The Bertz CT molecular complexity index is 2990. The Morgan fingerprint density at radius 3 is 2.04 bits per heavy atom. The minimum absolute atomic E-state index is 0.0890. The molecule has 0 fully saturated rings. The van der Waals surface area contributed by atoms with E-state index in [1.54, 1.807) is 6.20 Å². The van der Waals surface area contributed by atoms with Gasteiger partial charge < -0.3 is 0 Å². The van der Waals surface area contributed by atoms with Crippen molar-refractivity contribution in [2.75, 3.05) is 0 Å². The van der Waals surface area contributed by atoms with E-state index in [1.165, 1.54) is 92.0 Å². The zero-order valence-corrected chi connectivity index (χ0v) is 29.9. The van der Waals surface area contributed by atoms with Crippen molar-refractivity contribution in [2.24, 2.45) is 0 Å². The van der Waals surface area contributed by atoms with E-state index in [4.69, 9.17) is 9.97 Å². The molecule has 246 valence electrons. The second kappa shape index (κ2) is 11.0. The summed E-state index contributed by atoms with van der Waals surface area (Å²) < 4.78 is 2.70. The van der Waals surface area contributed by atoms with Crippen LogP contribution in [0.1, 0.15) is 43.4 Å². The zero-order chi connectivity index (χ0) is 34.6. The molecule has 0 N–H and O–H groups in total. The van der Waals surface area contributed by atoms with Gasteiger partial charge in [0.15, 0.2) is 0 Å². The number of hydrogen-bond donors (Lipinski definition) is 0. The Kier molecular flexibility index (Phi) is 6.33. The average molecular weight is 683 g/mol. The fraction of sp³-hybridized carbons (Fsp3) is 0.102. The number of benzene rings is 7. The maximum absolute atomic E-state index is 4.83. The third kappa shape index (κ3) is 4.30. The van der Waals surface area contributed by atoms with Crippen molar-refractivity contribution in [1.29, 1.82) is 0 Å². The number of fused-ring (bicyclic) bond motifs is 11. The van der Waals surface area contributed by atoms with Crippen molar-refractivity contribution in [3.8, 4) is 22.3 Å². The molecule has 0 atom stereocenters. The lowest BCUT2D eigenvalue weighted by atomic mass is 9.77. The van der Waals surface area contributed by atoms with E-state index < -0.39 is 0 Å². The van der Waals surface area contributed by atoms with Crippen LogP contribution in [0.2, 0.25) is 0 Å². The van der Waals surface area contributed by atoms with Crippen LogP contribution in [-0.4, -0.2) is 9.97 Å². The highest BCUT2D eigenvalue weighted by molar-refractivity contribution is 7.26. The Morgan fingerprint density at radius 2 is 1.19 bits per heavy atom. The molecule has 0 bridgehead atoms. The number of rotatable bonds is 3. The summed E-state index contributed by atoms with van der Waals surface area (Å²) >= 11 is 1.89. The van der Waals surface area contributed by atoms with Crippen molar-refractivity contribution in [2.45, 2.75) is 32.1 Å². The lowest BCUT2D eigenvalue weighted by Gasteiger charge is -2.26. The molecule has 0 radical (unpaired) electrons. The maximum Gasteiger partial charge on any atom is 0.0971 e. The normalized spacial score (nSPS) is 15.2. The van der Waals surface area contributed by atoms with E-state index in [0.717, 1.165) is 29.3 Å². The molecule has 2 aromatic heterocycles. The van der Waals surface area contributed by atoms with E-state index in [9.17, 15) is 0 Å². The minimum atomic E-state index is -0.0890. The third-order valence-electron chi connectivity index (χ3n) is 11.7. The van der Waals surface area contributed by atoms with Gasteiger partial charge in [0.05, 0.1) is 11.0 Å². The van der Waals surface area contributed by atoms with Gasteiger partial charge in [-0.25, -0.2) is 0 Å². The summed E-state index contributed by atoms with van der Waals surface area (Å²) in [7, 11) is 0. The van der Waals surface area contributed by atoms with Crippen molar-refractivity contribution < 1.29 is 0 Å². The van der Waals surface area contributed by atoms with Crippen molar-refractivity contribution >= 4 is 75.2 Å². The molecular formula is C49H34N2S. The second-order valence-corrected chi connectivity index (χ2v) is 15.9. The molecule has 9 aromatic rings. The fourth-order valence-corrected chi connectivity index (χ4v) is 10.3. The molecule has 2 aliphatic rings. The van der Waals surface area contributed by atoms with Gasteiger partial charge in [-0.1, -0.05) is 129 Å². The monoisotopic (exact) mass is 682 g/mol. The number of aromatic nitrogens is 2. The zero-order valence-electron chi connectivity index (χ0n) is 29.1. The van der Waals surface area contributed by atoms with Gasteiger partial charge in [0.25, 0.3) is 0 Å². The standard InChI is InChI=1S/C49H34N2S/c1-49(2)43-27-32(29-14-16-30(17-15-29)34-11-7-12-41-39-9-5-6-13-45(39)52-48(34)41)19-22-37(43)38-23-20-33(28-44(38)49)31-18-21-36-35-8-3-4-10-40(35)46-47(42(36)26-31)51-25-24-50-46/h3-19,21-22,24-28H,20,23H2,1-2H3. The van der Waals surface area contributed by atoms with Crippen LogP contribution in [0.15, 0.2) is 151 Å². The van der Waals surface area contributed by atoms with Gasteiger partial charge in [-0.05, 0) is 97.5 Å². The lowest BCUT2D eigenvalue weighted by molar-refractivity contribution is 0.652. The van der Waals surface area contributed by atoms with Crippen LogP contribution in [0.4, 0.5) is 0 Å². The SMILES string of the molecule is CC1(C)C2=C(CCC(c3ccc4c5ccccc5c5nccnc5c4c3)=C2)c2ccc(-c3ccc(-c4cccc5c4sc4ccccc45)cc3)cc21. The first-order valence-corrected chi connectivity index (χ1v) is 19.0. The highest BCUT2D eigenvalue weighted by Gasteiger charge is 2.38. The first-order chi connectivity index (χ1) is 25.5. The van der Waals surface area contributed by atoms with Crippen LogP contribution in [0.3, 0.4) is 0 Å². The molecule has 2 heterocycles. The molecule has 0 aliphatic heterocycles. The van der Waals surface area contributed by atoms with E-state index in [0.29, 0.717) is 0 Å². The number of nitrogens with zero attached hydrogens (tertiary/aromatic N) is 2. The fourth-order valence-electron chi connectivity index (χ4n) is 9.09. The molecule has 52 heavy (non-hydrogen) atoms. The molecule has 2 aliphatic carbocycles. The molecule has 2 nitrogen and oxygen atoms in total. The summed E-state index contributed by atoms with van der Waals surface area (Å²) in [6, 6.07) is 47.3. The Hall–Kier alpha value is -5.90. The molecule has 0 saturated carbocycles. The molecule has 7 aromatic carbocycles. The topological polar surface area (TPSA) is 25.8 Å². The average Bonchev–Trinajstić information content (AvgIpc) is 3.69. The molecule has 0 saturated heterocycles. The number of allylic oxidation sites excluding steroid dienone is 4. The summed E-state index contributed by atoms with van der Waals surface area (Å²) in [5.74, 6) is 0. The van der Waals surface area contributed by atoms with E-state index >= 15 is 0 Å². The van der Waals surface area contributed by atoms with Crippen LogP contribution in [0.25, 0.3) is 86.2 Å². The van der Waals surface area contributed by atoms with Gasteiger partial charge in [0.2, 0.25) is 0 Å². The molecular weight excluding hydrogens is 649 g/mol. The predicted molar refractivity (Wildman–Crippen MR) is 222 cm³/mol. The van der Waals surface area contributed by atoms with Gasteiger partial charge in [-0.15, -0.1) is 11.3 Å². The summed E-state index contributed by atoms with van der Waals surface area (Å²) in [6.45, 7) is 4.81. The van der Waals surface area contributed by atoms with Crippen LogP contribution in [0, 0.1) is 0 Å². The quantitative estimate of drug-likeness (QED) is 0.173. The van der Waals surface area contributed by atoms with E-state index in [-0.39, 0.29) is 5.41 Å². The van der Waals surface area contributed by atoms with Gasteiger partial charge in [-0.2, -0.15) is 0 Å². The molecule has 0 spiro atoms. The van der Waals surface area contributed by atoms with Gasteiger partial charge in [0.1, 0.15) is 0 Å². The van der Waals surface area contributed by atoms with E-state index in [2.05, 4.69) is 147 Å². The van der Waals surface area contributed by atoms with Gasteiger partial charge in [0, 0.05) is 48.8 Å². The highest BCUT2D eigenvalue weighted by atomic mass is 32.1. The van der Waals surface area contributed by atoms with E-state index in [1.807, 2.05) is 17.5 Å². The van der Waals surface area contributed by atoms with Crippen LogP contribution >= 0.6 is 11.3 Å². The number of hydrogen-bond acceptors (Lipinski definition) is 3. The largest absolute Gasteiger partial charge is 0.252 e. The molecule has 11 rings (SSSR count). The Balaban J connectivity index is 0.942. The molecule has 0 unspecified atom stereocenters.